The number of hydrogen-bond donors (Lipinski definition) is 1. The van der Waals surface area contributed by atoms with Crippen LogP contribution in [0, 0.1) is 12.8 Å². The Kier molecular flexibility index (Phi) is 8.68. The molecule has 9 nitrogen and oxygen atoms in total. The third-order valence-electron chi connectivity index (χ3n) is 7.26. The molecule has 0 spiro atoms. The van der Waals surface area contributed by atoms with Crippen LogP contribution in [0.1, 0.15) is 65.3 Å². The molecule has 1 N–H and O–H groups in total. The number of ketones is 1. The molecule has 3 heterocycles. The van der Waals surface area contributed by atoms with Crippen molar-refractivity contribution in [1.82, 2.24) is 4.98 Å². The summed E-state index contributed by atoms with van der Waals surface area (Å²) in [6.07, 6.45) is 2.96. The van der Waals surface area contributed by atoms with Gasteiger partial charge in [-0.1, -0.05) is 50.0 Å². The summed E-state index contributed by atoms with van der Waals surface area (Å²) < 4.78 is 17.0. The third kappa shape index (κ3) is 6.06. The van der Waals surface area contributed by atoms with Crippen LogP contribution in [0.2, 0.25) is 0 Å². The monoisotopic (exact) mass is 602 g/mol. The molecule has 1 fully saturated rings. The zero-order valence-corrected chi connectivity index (χ0v) is 25.4. The number of aromatic nitrogens is 1. The Balaban J connectivity index is 1.62. The number of hydrogen-bond acceptors (Lipinski definition) is 9. The van der Waals surface area contributed by atoms with E-state index in [0.29, 0.717) is 41.5 Å². The molecule has 3 aromatic rings. The number of rotatable bonds is 10. The van der Waals surface area contributed by atoms with Crippen molar-refractivity contribution in [2.24, 2.45) is 5.92 Å². The third-order valence-corrected chi connectivity index (χ3v) is 8.40. The van der Waals surface area contributed by atoms with Gasteiger partial charge in [0, 0.05) is 12.0 Å². The van der Waals surface area contributed by atoms with E-state index in [9.17, 15) is 19.5 Å². The fraction of sp³-hybridized carbons (Fsp3) is 0.333. The average Bonchev–Trinajstić information content (AvgIpc) is 3.62. The number of amides is 1. The second kappa shape index (κ2) is 12.4. The Hall–Kier alpha value is -4.44. The summed E-state index contributed by atoms with van der Waals surface area (Å²) in [6.45, 7) is 11.9. The summed E-state index contributed by atoms with van der Waals surface area (Å²) in [5.41, 5.74) is 2.12. The molecule has 2 aromatic carbocycles. The zero-order valence-electron chi connectivity index (χ0n) is 24.6. The molecule has 0 aliphatic carbocycles. The number of aryl methyl sites for hydroxylation is 1. The summed E-state index contributed by atoms with van der Waals surface area (Å²) in [7, 11) is 0. The number of esters is 1. The number of carbonyl (C=O) groups is 3. The van der Waals surface area contributed by atoms with Crippen molar-refractivity contribution in [3.8, 4) is 11.5 Å². The van der Waals surface area contributed by atoms with Crippen LogP contribution in [0.5, 0.6) is 11.5 Å². The van der Waals surface area contributed by atoms with Crippen LogP contribution in [-0.4, -0.2) is 47.1 Å². The van der Waals surface area contributed by atoms with Gasteiger partial charge in [0.2, 0.25) is 0 Å². The Morgan fingerprint density at radius 2 is 2.05 bits per heavy atom. The van der Waals surface area contributed by atoms with Gasteiger partial charge in [-0.3, -0.25) is 14.5 Å². The first kappa shape index (κ1) is 30.0. The van der Waals surface area contributed by atoms with Crippen molar-refractivity contribution in [1.29, 1.82) is 0 Å². The molecule has 0 bridgehead atoms. The summed E-state index contributed by atoms with van der Waals surface area (Å²) in [5, 5.41) is 11.8. The second-order valence-corrected chi connectivity index (χ2v) is 12.0. The van der Waals surface area contributed by atoms with Crippen molar-refractivity contribution in [2.45, 2.75) is 52.7 Å². The second-order valence-electron chi connectivity index (χ2n) is 11.0. The fourth-order valence-electron chi connectivity index (χ4n) is 5.13. The highest BCUT2D eigenvalue weighted by molar-refractivity contribution is 7.17. The lowest BCUT2D eigenvalue weighted by Gasteiger charge is -2.23. The molecule has 2 aliphatic heterocycles. The number of anilines is 1. The number of thiazole rings is 1. The maximum absolute atomic E-state index is 13.7. The number of aliphatic hydroxyl groups excluding tert-OH is 1. The van der Waals surface area contributed by atoms with E-state index in [2.05, 4.69) is 25.4 Å². The van der Waals surface area contributed by atoms with Gasteiger partial charge >= 0.3 is 11.9 Å². The van der Waals surface area contributed by atoms with Gasteiger partial charge in [0.15, 0.2) is 5.13 Å². The molecule has 0 unspecified atom stereocenters. The van der Waals surface area contributed by atoms with Gasteiger partial charge in [-0.05, 0) is 67.6 Å². The van der Waals surface area contributed by atoms with Crippen molar-refractivity contribution in [2.75, 3.05) is 18.1 Å². The van der Waals surface area contributed by atoms with E-state index in [4.69, 9.17) is 14.2 Å². The normalized spacial score (nSPS) is 19.0. The van der Waals surface area contributed by atoms with Gasteiger partial charge in [0.1, 0.15) is 34.8 Å². The van der Waals surface area contributed by atoms with Crippen molar-refractivity contribution in [3.63, 3.8) is 0 Å². The van der Waals surface area contributed by atoms with Crippen LogP contribution in [0.25, 0.3) is 5.76 Å². The minimum absolute atomic E-state index is 0.00285. The predicted molar refractivity (Wildman–Crippen MR) is 164 cm³/mol. The minimum Gasteiger partial charge on any atom is -0.507 e. The maximum Gasteiger partial charge on any atom is 0.350 e. The predicted octanol–water partition coefficient (Wildman–Crippen LogP) is 6.17. The van der Waals surface area contributed by atoms with Gasteiger partial charge in [0.05, 0.1) is 23.9 Å². The fourth-order valence-corrected chi connectivity index (χ4v) is 6.12. The molecule has 1 amide bonds. The van der Waals surface area contributed by atoms with Gasteiger partial charge in [-0.15, -0.1) is 0 Å². The van der Waals surface area contributed by atoms with Crippen LogP contribution in [0.15, 0.2) is 60.7 Å². The lowest BCUT2D eigenvalue weighted by atomic mass is 9.94. The largest absolute Gasteiger partial charge is 0.507 e. The van der Waals surface area contributed by atoms with Crippen LogP contribution >= 0.6 is 11.3 Å². The van der Waals surface area contributed by atoms with E-state index in [1.807, 2.05) is 6.92 Å². The molecule has 2 atom stereocenters. The summed E-state index contributed by atoms with van der Waals surface area (Å²) in [6, 6.07) is 11.3. The molecule has 224 valence electrons. The van der Waals surface area contributed by atoms with E-state index >= 15 is 0 Å². The number of fused-ring (bicyclic) bond motifs is 1. The molecule has 43 heavy (non-hydrogen) atoms. The molecular formula is C33H34N2O7S. The highest BCUT2D eigenvalue weighted by atomic mass is 32.1. The van der Waals surface area contributed by atoms with Crippen molar-refractivity contribution in [3.05, 3.63) is 88.0 Å². The summed E-state index contributed by atoms with van der Waals surface area (Å²) >= 11 is 0.948. The number of ether oxygens (including phenoxy) is 3. The Morgan fingerprint density at radius 3 is 2.79 bits per heavy atom. The molecule has 1 saturated heterocycles. The Bertz CT molecular complexity index is 1620. The van der Waals surface area contributed by atoms with Gasteiger partial charge in [0.25, 0.3) is 5.78 Å². The topological polar surface area (TPSA) is 115 Å². The number of Topliss-reactive ketones (excluding diaryl/α,β-unsaturated/α-hetero) is 1. The van der Waals surface area contributed by atoms with Crippen LogP contribution in [0.3, 0.4) is 0 Å². The number of benzene rings is 2. The zero-order chi connectivity index (χ0) is 30.8. The smallest absolute Gasteiger partial charge is 0.350 e. The number of carbonyl (C=O) groups excluding carboxylic acids is 3. The highest BCUT2D eigenvalue weighted by Gasteiger charge is 2.48. The van der Waals surface area contributed by atoms with Crippen molar-refractivity contribution < 1.29 is 33.7 Å². The van der Waals surface area contributed by atoms with E-state index in [1.165, 1.54) is 11.0 Å². The van der Waals surface area contributed by atoms with Crippen LogP contribution in [0.4, 0.5) is 5.13 Å². The maximum atomic E-state index is 13.7. The average molecular weight is 603 g/mol. The van der Waals surface area contributed by atoms with Crippen molar-refractivity contribution >= 4 is 39.9 Å². The highest BCUT2D eigenvalue weighted by Crippen LogP contribution is 2.45. The quantitative estimate of drug-likeness (QED) is 0.0964. The first-order valence-corrected chi connectivity index (χ1v) is 15.0. The lowest BCUT2D eigenvalue weighted by molar-refractivity contribution is -0.132. The minimum atomic E-state index is -1.03. The molecule has 0 saturated carbocycles. The Morgan fingerprint density at radius 1 is 1.26 bits per heavy atom. The molecule has 1 aromatic heterocycles. The molecule has 2 aliphatic rings. The SMILES string of the molecule is C=CCOC(=O)c1sc(N2C(=O)C(=O)/C(=C(/O)c3ccc4c(c3)C[C@H](C)O4)[C@@H]2c2cccc(OCCC(C)C)c2)nc1C. The molecule has 5 rings (SSSR count). The van der Waals surface area contributed by atoms with Gasteiger partial charge < -0.3 is 19.3 Å². The van der Waals surface area contributed by atoms with E-state index < -0.39 is 23.7 Å². The molecule has 10 heteroatoms. The number of aliphatic hydroxyl groups is 1. The summed E-state index contributed by atoms with van der Waals surface area (Å²) in [5.74, 6) is -0.894. The number of nitrogens with zero attached hydrogens (tertiary/aromatic N) is 2. The van der Waals surface area contributed by atoms with E-state index in [-0.39, 0.29) is 34.1 Å². The summed E-state index contributed by atoms with van der Waals surface area (Å²) in [4.78, 5) is 46.0. The first-order chi connectivity index (χ1) is 20.6. The lowest BCUT2D eigenvalue weighted by Crippen LogP contribution is -2.29. The molecule has 0 radical (unpaired) electrons. The standard InChI is InChI=1S/C33H34N2O7S/c1-6-13-41-32(39)30-20(5)34-33(43-30)35-27(21-8-7-9-24(17-21)40-14-12-18(2)3)26(29(37)31(35)38)28(36)22-10-11-25-23(16-22)15-19(4)42-25/h6-11,16-19,27,36H,1,12-15H2,2-5H3/b28-26+/t19-,27-/m0/s1. The Labute approximate surface area is 254 Å². The van der Waals surface area contributed by atoms with Crippen LogP contribution < -0.4 is 14.4 Å². The van der Waals surface area contributed by atoms with E-state index in [0.717, 1.165) is 29.1 Å². The first-order valence-electron chi connectivity index (χ1n) is 14.2. The van der Waals surface area contributed by atoms with Gasteiger partial charge in [-0.2, -0.15) is 0 Å². The van der Waals surface area contributed by atoms with E-state index in [1.54, 1.807) is 49.4 Å². The van der Waals surface area contributed by atoms with Crippen LogP contribution in [-0.2, 0) is 20.7 Å². The van der Waals surface area contributed by atoms with Gasteiger partial charge in [-0.25, -0.2) is 9.78 Å². The molecular weight excluding hydrogens is 568 g/mol.